The zero-order valence-corrected chi connectivity index (χ0v) is 24.0. The lowest BCUT2D eigenvalue weighted by atomic mass is 9.82. The molecule has 0 fully saturated rings. The molecule has 204 valence electrons. The molecule has 41 heavy (non-hydrogen) atoms. The van der Waals surface area contributed by atoms with Crippen molar-refractivity contribution in [2.45, 2.75) is 38.1 Å². The van der Waals surface area contributed by atoms with Crippen molar-refractivity contribution in [3.8, 4) is 0 Å². The van der Waals surface area contributed by atoms with Crippen LogP contribution >= 0.6 is 0 Å². The van der Waals surface area contributed by atoms with Gasteiger partial charge in [0.25, 0.3) is 10.0 Å². The smallest absolute Gasteiger partial charge is 0.282 e. The minimum absolute atomic E-state index is 0.0985. The van der Waals surface area contributed by atoms with Crippen LogP contribution in [0.15, 0.2) is 118 Å². The summed E-state index contributed by atoms with van der Waals surface area (Å²) in [5, 5.41) is 0. The molecule has 1 atom stereocenters. The number of sulfonamides is 1. The number of benzene rings is 4. The van der Waals surface area contributed by atoms with E-state index in [1.54, 1.807) is 30.3 Å². The fourth-order valence-electron chi connectivity index (χ4n) is 5.59. The number of carbonyl (C=O) groups is 1. The van der Waals surface area contributed by atoms with Crippen LogP contribution in [0.25, 0.3) is 11.8 Å². The molecule has 0 aromatic heterocycles. The van der Waals surface area contributed by atoms with Gasteiger partial charge in [-0.3, -0.25) is 4.79 Å². The molecule has 1 unspecified atom stereocenters. The second-order valence-electron chi connectivity index (χ2n) is 10.7. The second kappa shape index (κ2) is 10.5. The van der Waals surface area contributed by atoms with E-state index in [-0.39, 0.29) is 28.9 Å². The molecule has 0 radical (unpaired) electrons. The number of hydrogen-bond acceptors (Lipinski definition) is 4. The lowest BCUT2D eigenvalue weighted by Crippen LogP contribution is -2.36. The molecule has 2 aliphatic heterocycles. The summed E-state index contributed by atoms with van der Waals surface area (Å²) in [6.07, 6.45) is 4.29. The van der Waals surface area contributed by atoms with Gasteiger partial charge in [-0.25, -0.2) is 0 Å². The molecule has 0 saturated heterocycles. The maximum absolute atomic E-state index is 14.4. The van der Waals surface area contributed by atoms with Gasteiger partial charge in [-0.2, -0.15) is 12.8 Å². The van der Waals surface area contributed by atoms with E-state index in [1.807, 2.05) is 93.7 Å². The quantitative estimate of drug-likeness (QED) is 0.238. The Morgan fingerprint density at radius 3 is 2.24 bits per heavy atom. The first-order chi connectivity index (χ1) is 19.7. The Morgan fingerprint density at radius 1 is 0.805 bits per heavy atom. The molecule has 6 heteroatoms. The predicted molar refractivity (Wildman–Crippen MR) is 164 cm³/mol. The van der Waals surface area contributed by atoms with Gasteiger partial charge in [0.15, 0.2) is 5.78 Å². The Bertz CT molecular complexity index is 1880. The summed E-state index contributed by atoms with van der Waals surface area (Å²) in [5.74, 6) is -0.251. The standard InChI is InChI=1S/C35H30N2O3S/c1-23-14-16-29(17-15-23)41(39,40)36-31-22-32(27-11-6-8-24(2)20-27)37-19-18-26-10-4-5-13-30(26)34(37)33(31)35(38)28-12-7-9-25(3)21-28/h4-21,32H,22H2,1-3H3. The van der Waals surface area contributed by atoms with E-state index in [4.69, 9.17) is 0 Å². The Hall–Kier alpha value is -4.55. The zero-order chi connectivity index (χ0) is 28.7. The molecule has 0 aliphatic carbocycles. The summed E-state index contributed by atoms with van der Waals surface area (Å²) in [7, 11) is -4.10. The summed E-state index contributed by atoms with van der Waals surface area (Å²) in [6, 6.07) is 29.8. The number of allylic oxidation sites excluding steroid dienone is 1. The molecule has 6 rings (SSSR count). The minimum Gasteiger partial charge on any atom is -0.339 e. The van der Waals surface area contributed by atoms with Gasteiger partial charge in [0.1, 0.15) is 0 Å². The Kier molecular flexibility index (Phi) is 6.80. The molecular weight excluding hydrogens is 528 g/mol. The van der Waals surface area contributed by atoms with Gasteiger partial charge in [-0.1, -0.05) is 95.6 Å². The van der Waals surface area contributed by atoms with E-state index in [1.165, 1.54) is 0 Å². The van der Waals surface area contributed by atoms with E-state index in [9.17, 15) is 13.2 Å². The second-order valence-corrected chi connectivity index (χ2v) is 12.3. The average Bonchev–Trinajstić information content (AvgIpc) is 2.96. The normalized spacial score (nSPS) is 17.4. The monoisotopic (exact) mass is 558 g/mol. The topological polar surface area (TPSA) is 66.8 Å². The van der Waals surface area contributed by atoms with Gasteiger partial charge >= 0.3 is 0 Å². The Morgan fingerprint density at radius 2 is 1.51 bits per heavy atom. The molecule has 4 aromatic rings. The number of nitrogens with zero attached hydrogens (tertiary/aromatic N) is 2. The van der Waals surface area contributed by atoms with Crippen LogP contribution in [0.3, 0.4) is 0 Å². The number of Topliss-reactive ketones (excluding diaryl/α,β-unsaturated/α-hetero) is 1. The van der Waals surface area contributed by atoms with E-state index in [0.717, 1.165) is 33.4 Å². The number of carbonyl (C=O) groups excluding carboxylic acids is 1. The van der Waals surface area contributed by atoms with Gasteiger partial charge in [0.05, 0.1) is 27.9 Å². The largest absolute Gasteiger partial charge is 0.339 e. The summed E-state index contributed by atoms with van der Waals surface area (Å²) in [6.45, 7) is 5.88. The van der Waals surface area contributed by atoms with Crippen LogP contribution in [0, 0.1) is 20.8 Å². The highest BCUT2D eigenvalue weighted by atomic mass is 32.2. The molecule has 4 aromatic carbocycles. The van der Waals surface area contributed by atoms with Crippen LogP contribution in [0.5, 0.6) is 0 Å². The minimum atomic E-state index is -4.10. The molecule has 0 spiro atoms. The SMILES string of the molecule is Cc1ccc(S(=O)(=O)N=C2CC(c3cccc(C)c3)N3C=Cc4ccccc4C3=C2C(=O)c2cccc(C)c2)cc1. The van der Waals surface area contributed by atoms with Crippen molar-refractivity contribution < 1.29 is 13.2 Å². The molecule has 0 N–H and O–H groups in total. The van der Waals surface area contributed by atoms with Gasteiger partial charge in [0, 0.05) is 23.7 Å². The highest BCUT2D eigenvalue weighted by molar-refractivity contribution is 7.90. The maximum atomic E-state index is 14.4. The van der Waals surface area contributed by atoms with Crippen molar-refractivity contribution in [1.82, 2.24) is 4.90 Å². The molecule has 0 saturated carbocycles. The summed E-state index contributed by atoms with van der Waals surface area (Å²) < 4.78 is 31.9. The van der Waals surface area contributed by atoms with Crippen LogP contribution in [-0.4, -0.2) is 24.8 Å². The number of aryl methyl sites for hydroxylation is 3. The Balaban J connectivity index is 1.65. The molecule has 2 heterocycles. The van der Waals surface area contributed by atoms with Crippen molar-refractivity contribution >= 4 is 33.3 Å². The summed E-state index contributed by atoms with van der Waals surface area (Å²) >= 11 is 0. The number of hydrogen-bond donors (Lipinski definition) is 0. The first-order valence-electron chi connectivity index (χ1n) is 13.6. The third-order valence-electron chi connectivity index (χ3n) is 7.62. The van der Waals surface area contributed by atoms with Gasteiger partial charge in [-0.05, 0) is 56.2 Å². The van der Waals surface area contributed by atoms with Crippen molar-refractivity contribution in [3.63, 3.8) is 0 Å². The van der Waals surface area contributed by atoms with Crippen LogP contribution in [0.1, 0.15) is 56.2 Å². The van der Waals surface area contributed by atoms with Crippen LogP contribution in [0.4, 0.5) is 0 Å². The number of fused-ring (bicyclic) bond motifs is 3. The van der Waals surface area contributed by atoms with E-state index in [0.29, 0.717) is 16.8 Å². The molecule has 0 amide bonds. The van der Waals surface area contributed by atoms with Crippen molar-refractivity contribution in [2.24, 2.45) is 4.40 Å². The van der Waals surface area contributed by atoms with Crippen LogP contribution in [-0.2, 0) is 10.0 Å². The van der Waals surface area contributed by atoms with Crippen molar-refractivity contribution in [2.75, 3.05) is 0 Å². The number of rotatable bonds is 5. The summed E-state index contributed by atoms with van der Waals surface area (Å²) in [4.78, 5) is 16.6. The number of ketones is 1. The lowest BCUT2D eigenvalue weighted by Gasteiger charge is -2.41. The van der Waals surface area contributed by atoms with Crippen molar-refractivity contribution in [1.29, 1.82) is 0 Å². The molecule has 5 nitrogen and oxygen atoms in total. The molecule has 2 aliphatic rings. The van der Waals surface area contributed by atoms with Crippen molar-refractivity contribution in [3.05, 3.63) is 148 Å². The Labute approximate surface area is 241 Å². The lowest BCUT2D eigenvalue weighted by molar-refractivity contribution is 0.103. The van der Waals surface area contributed by atoms with E-state index >= 15 is 0 Å². The highest BCUT2D eigenvalue weighted by Gasteiger charge is 2.39. The van der Waals surface area contributed by atoms with Crippen LogP contribution in [0.2, 0.25) is 0 Å². The van der Waals surface area contributed by atoms with E-state index < -0.39 is 10.0 Å². The van der Waals surface area contributed by atoms with Crippen LogP contribution < -0.4 is 0 Å². The first kappa shape index (κ1) is 26.7. The summed E-state index contributed by atoms with van der Waals surface area (Å²) in [5.41, 5.74) is 7.58. The molecular formula is C35H30N2O3S. The fraction of sp³-hybridized carbons (Fsp3) is 0.143. The predicted octanol–water partition coefficient (Wildman–Crippen LogP) is 7.47. The van der Waals surface area contributed by atoms with E-state index in [2.05, 4.69) is 15.4 Å². The third-order valence-corrected chi connectivity index (χ3v) is 8.95. The van der Waals surface area contributed by atoms with Gasteiger partial charge < -0.3 is 4.90 Å². The highest BCUT2D eigenvalue weighted by Crippen LogP contribution is 2.45. The third kappa shape index (κ3) is 5.07. The average molecular weight is 559 g/mol. The maximum Gasteiger partial charge on any atom is 0.282 e. The molecule has 0 bridgehead atoms. The first-order valence-corrected chi connectivity index (χ1v) is 15.0. The van der Waals surface area contributed by atoms with Gasteiger partial charge in [0.2, 0.25) is 0 Å². The fourth-order valence-corrected chi connectivity index (χ4v) is 6.63. The van der Waals surface area contributed by atoms with Gasteiger partial charge in [-0.15, -0.1) is 0 Å². The zero-order valence-electron chi connectivity index (χ0n) is 23.2.